The van der Waals surface area contributed by atoms with Crippen molar-refractivity contribution >= 4 is 0 Å². The van der Waals surface area contributed by atoms with Crippen molar-refractivity contribution in [1.82, 2.24) is 0 Å². The molecule has 0 aromatic heterocycles. The van der Waals surface area contributed by atoms with E-state index >= 15 is 0 Å². The lowest BCUT2D eigenvalue weighted by Crippen LogP contribution is -2.40. The van der Waals surface area contributed by atoms with Gasteiger partial charge in [0.1, 0.15) is 0 Å². The van der Waals surface area contributed by atoms with Crippen molar-refractivity contribution in [2.24, 2.45) is 5.92 Å². The zero-order valence-corrected chi connectivity index (χ0v) is 6.70. The molecule has 3 heteroatoms. The van der Waals surface area contributed by atoms with Crippen molar-refractivity contribution in [3.8, 4) is 0 Å². The Morgan fingerprint density at radius 2 is 1.80 bits per heavy atom. The zero-order chi connectivity index (χ0) is 8.36. The largest absolute Gasteiger partial charge is 0.396 e. The Balaban J connectivity index is 4.07. The molecule has 0 spiro atoms. The maximum Gasteiger partial charge on any atom is 0.0666 e. The summed E-state index contributed by atoms with van der Waals surface area (Å²) in [7, 11) is 0. The van der Waals surface area contributed by atoms with Crippen molar-refractivity contribution in [2.75, 3.05) is 6.61 Å². The van der Waals surface area contributed by atoms with E-state index in [1.54, 1.807) is 20.8 Å². The lowest BCUT2D eigenvalue weighted by Gasteiger charge is -2.29. The van der Waals surface area contributed by atoms with Crippen molar-refractivity contribution in [3.05, 3.63) is 0 Å². The Labute approximate surface area is 61.3 Å². The van der Waals surface area contributed by atoms with E-state index in [4.69, 9.17) is 10.2 Å². The first-order valence-corrected chi connectivity index (χ1v) is 3.41. The predicted octanol–water partition coefficient (Wildman–Crippen LogP) is -0.253. The minimum absolute atomic E-state index is 0.193. The second-order valence-electron chi connectivity index (χ2n) is 3.18. The fraction of sp³-hybridized carbons (Fsp3) is 1.00. The number of aliphatic hydroxyl groups excluding tert-OH is 2. The van der Waals surface area contributed by atoms with E-state index in [2.05, 4.69) is 0 Å². The SMILES string of the molecule is CC(O)C(CO)C(C)(C)O. The lowest BCUT2D eigenvalue weighted by molar-refractivity contribution is -0.0622. The van der Waals surface area contributed by atoms with Crippen LogP contribution in [0.4, 0.5) is 0 Å². The molecule has 0 aliphatic rings. The molecule has 10 heavy (non-hydrogen) atoms. The lowest BCUT2D eigenvalue weighted by atomic mass is 9.88. The monoisotopic (exact) mass is 148 g/mol. The first kappa shape index (κ1) is 9.88. The van der Waals surface area contributed by atoms with Crippen LogP contribution in [0.2, 0.25) is 0 Å². The van der Waals surface area contributed by atoms with E-state index in [1.807, 2.05) is 0 Å². The van der Waals surface area contributed by atoms with Crippen molar-refractivity contribution in [2.45, 2.75) is 32.5 Å². The molecule has 2 unspecified atom stereocenters. The molecule has 0 amide bonds. The molecule has 0 aromatic rings. The highest BCUT2D eigenvalue weighted by Gasteiger charge is 2.29. The molecule has 0 saturated heterocycles. The van der Waals surface area contributed by atoms with Gasteiger partial charge in [-0.1, -0.05) is 0 Å². The number of rotatable bonds is 3. The van der Waals surface area contributed by atoms with Gasteiger partial charge in [0.15, 0.2) is 0 Å². The minimum atomic E-state index is -1.01. The van der Waals surface area contributed by atoms with Gasteiger partial charge in [0.25, 0.3) is 0 Å². The van der Waals surface area contributed by atoms with E-state index in [0.29, 0.717) is 0 Å². The smallest absolute Gasteiger partial charge is 0.0666 e. The summed E-state index contributed by atoms with van der Waals surface area (Å²) in [6.45, 7) is 4.50. The molecular formula is C7H16O3. The summed E-state index contributed by atoms with van der Waals surface area (Å²) in [4.78, 5) is 0. The van der Waals surface area contributed by atoms with Gasteiger partial charge in [0.2, 0.25) is 0 Å². The molecular weight excluding hydrogens is 132 g/mol. The first-order valence-electron chi connectivity index (χ1n) is 3.41. The molecule has 3 nitrogen and oxygen atoms in total. The molecule has 2 atom stereocenters. The summed E-state index contributed by atoms with van der Waals surface area (Å²) in [6, 6.07) is 0. The Hall–Kier alpha value is -0.120. The van der Waals surface area contributed by atoms with Gasteiger partial charge in [-0.3, -0.25) is 0 Å². The molecule has 0 saturated carbocycles. The van der Waals surface area contributed by atoms with Crippen LogP contribution in [0.15, 0.2) is 0 Å². The van der Waals surface area contributed by atoms with Gasteiger partial charge in [-0.05, 0) is 20.8 Å². The average molecular weight is 148 g/mol. The standard InChI is InChI=1S/C7H16O3/c1-5(9)6(4-8)7(2,3)10/h5-6,8-10H,4H2,1-3H3. The van der Waals surface area contributed by atoms with Crippen LogP contribution in [0.5, 0.6) is 0 Å². The van der Waals surface area contributed by atoms with Gasteiger partial charge in [-0.15, -0.1) is 0 Å². The highest BCUT2D eigenvalue weighted by Crippen LogP contribution is 2.18. The summed E-state index contributed by atoms with van der Waals surface area (Å²) in [5.41, 5.74) is -1.01. The molecule has 0 fully saturated rings. The normalized spacial score (nSPS) is 18.6. The molecule has 0 aliphatic carbocycles. The first-order chi connectivity index (χ1) is 4.39. The third-order valence-electron chi connectivity index (χ3n) is 1.69. The van der Waals surface area contributed by atoms with Gasteiger partial charge >= 0.3 is 0 Å². The van der Waals surface area contributed by atoms with E-state index in [0.717, 1.165) is 0 Å². The summed E-state index contributed by atoms with van der Waals surface area (Å²) in [5, 5.41) is 27.1. The molecule has 0 aromatic carbocycles. The predicted molar refractivity (Wildman–Crippen MR) is 38.6 cm³/mol. The van der Waals surface area contributed by atoms with Gasteiger partial charge in [0.05, 0.1) is 18.3 Å². The number of hydrogen-bond acceptors (Lipinski definition) is 3. The second kappa shape index (κ2) is 3.32. The Morgan fingerprint density at radius 1 is 1.40 bits per heavy atom. The van der Waals surface area contributed by atoms with E-state index < -0.39 is 17.6 Å². The molecule has 62 valence electrons. The number of hydrogen-bond donors (Lipinski definition) is 3. The van der Waals surface area contributed by atoms with Crippen molar-refractivity contribution in [3.63, 3.8) is 0 Å². The molecule has 0 radical (unpaired) electrons. The van der Waals surface area contributed by atoms with E-state index in [-0.39, 0.29) is 6.61 Å². The van der Waals surface area contributed by atoms with Crippen LogP contribution in [-0.2, 0) is 0 Å². The number of aliphatic hydroxyl groups is 3. The van der Waals surface area contributed by atoms with E-state index in [1.165, 1.54) is 0 Å². The van der Waals surface area contributed by atoms with Crippen molar-refractivity contribution in [1.29, 1.82) is 0 Å². The third kappa shape index (κ3) is 2.64. The van der Waals surface area contributed by atoms with E-state index in [9.17, 15) is 5.11 Å². The summed E-state index contributed by atoms with van der Waals surface area (Å²) in [6.07, 6.45) is -0.676. The summed E-state index contributed by atoms with van der Waals surface area (Å²) < 4.78 is 0. The quantitative estimate of drug-likeness (QED) is 0.517. The van der Waals surface area contributed by atoms with Crippen LogP contribution in [0, 0.1) is 5.92 Å². The third-order valence-corrected chi connectivity index (χ3v) is 1.69. The zero-order valence-electron chi connectivity index (χ0n) is 6.70. The Kier molecular flexibility index (Phi) is 3.28. The summed E-state index contributed by atoms with van der Waals surface area (Å²) in [5.74, 6) is -0.465. The van der Waals surface area contributed by atoms with Gasteiger partial charge in [-0.25, -0.2) is 0 Å². The minimum Gasteiger partial charge on any atom is -0.396 e. The highest BCUT2D eigenvalue weighted by atomic mass is 16.3. The van der Waals surface area contributed by atoms with Crippen LogP contribution >= 0.6 is 0 Å². The van der Waals surface area contributed by atoms with Crippen LogP contribution in [-0.4, -0.2) is 33.6 Å². The molecule has 0 rings (SSSR count). The summed E-state index contributed by atoms with van der Waals surface area (Å²) >= 11 is 0. The van der Waals surface area contributed by atoms with Crippen LogP contribution in [0.3, 0.4) is 0 Å². The van der Waals surface area contributed by atoms with Gasteiger partial charge in [-0.2, -0.15) is 0 Å². The van der Waals surface area contributed by atoms with Gasteiger partial charge in [0, 0.05) is 5.92 Å². The van der Waals surface area contributed by atoms with Crippen LogP contribution in [0.1, 0.15) is 20.8 Å². The Morgan fingerprint density at radius 3 is 1.80 bits per heavy atom. The highest BCUT2D eigenvalue weighted by molar-refractivity contribution is 4.80. The van der Waals surface area contributed by atoms with Crippen LogP contribution < -0.4 is 0 Å². The van der Waals surface area contributed by atoms with Crippen molar-refractivity contribution < 1.29 is 15.3 Å². The van der Waals surface area contributed by atoms with Gasteiger partial charge < -0.3 is 15.3 Å². The maximum absolute atomic E-state index is 9.33. The molecule has 0 heterocycles. The fourth-order valence-electron chi connectivity index (χ4n) is 0.966. The average Bonchev–Trinajstić information content (AvgIpc) is 1.60. The molecule has 0 bridgehead atoms. The maximum atomic E-state index is 9.33. The second-order valence-corrected chi connectivity index (χ2v) is 3.18. The van der Waals surface area contributed by atoms with Crippen LogP contribution in [0.25, 0.3) is 0 Å². The molecule has 3 N–H and O–H groups in total. The Bertz CT molecular complexity index is 93.5. The fourth-order valence-corrected chi connectivity index (χ4v) is 0.966. The topological polar surface area (TPSA) is 60.7 Å². The molecule has 0 aliphatic heterocycles.